The topological polar surface area (TPSA) is 65.7 Å². The molecule has 2 heterocycles. The van der Waals surface area contributed by atoms with Crippen molar-refractivity contribution in [1.82, 2.24) is 10.2 Å². The Morgan fingerprint density at radius 2 is 2.00 bits per heavy atom. The molecule has 0 unspecified atom stereocenters. The summed E-state index contributed by atoms with van der Waals surface area (Å²) in [5.41, 5.74) is 0.395. The van der Waals surface area contributed by atoms with E-state index < -0.39 is 0 Å². The van der Waals surface area contributed by atoms with Crippen molar-refractivity contribution in [2.24, 2.45) is 0 Å². The first-order valence-corrected chi connectivity index (χ1v) is 8.49. The Labute approximate surface area is 135 Å². The molecular weight excluding hydrogens is 304 g/mol. The molecule has 0 aromatic carbocycles. The molecule has 2 atom stereocenters. The minimum Gasteiger partial charge on any atom is -0.452 e. The summed E-state index contributed by atoms with van der Waals surface area (Å²) < 4.78 is 4.95. The average molecular weight is 327 g/mol. The molecule has 0 spiro atoms. The van der Waals surface area contributed by atoms with Gasteiger partial charge in [0, 0.05) is 25.2 Å². The van der Waals surface area contributed by atoms with Crippen LogP contribution in [0.15, 0.2) is 16.7 Å². The molecule has 0 radical (unpaired) electrons. The van der Waals surface area contributed by atoms with Gasteiger partial charge in [-0.2, -0.15) is 0 Å². The van der Waals surface area contributed by atoms with Crippen LogP contribution in [0.2, 0.25) is 5.22 Å². The monoisotopic (exact) mass is 326 g/mol. The predicted molar refractivity (Wildman–Crippen MR) is 84.0 cm³/mol. The van der Waals surface area contributed by atoms with Crippen LogP contribution in [0.1, 0.15) is 48.9 Å². The fourth-order valence-electron chi connectivity index (χ4n) is 3.61. The molecule has 1 aliphatic carbocycles. The first kappa shape index (κ1) is 15.8. The number of halogens is 1. The SMILES string of the molecule is O=C(NC1CCN([C@@H]2CCCC[C@@H]2O)CC1)c1ccoc1Cl. The normalized spacial score (nSPS) is 27.7. The Kier molecular flexibility index (Phi) is 5.06. The summed E-state index contributed by atoms with van der Waals surface area (Å²) >= 11 is 5.83. The third-order valence-corrected chi connectivity index (χ3v) is 5.18. The number of aliphatic hydroxyl groups excluding tert-OH is 1. The quantitative estimate of drug-likeness (QED) is 0.895. The summed E-state index contributed by atoms with van der Waals surface area (Å²) in [5.74, 6) is -0.171. The van der Waals surface area contributed by atoms with Crippen LogP contribution in [0.5, 0.6) is 0 Å². The highest BCUT2D eigenvalue weighted by Crippen LogP contribution is 2.26. The summed E-state index contributed by atoms with van der Waals surface area (Å²) in [6, 6.07) is 2.05. The van der Waals surface area contributed by atoms with Crippen molar-refractivity contribution >= 4 is 17.5 Å². The van der Waals surface area contributed by atoms with Gasteiger partial charge in [-0.1, -0.05) is 12.8 Å². The number of hydrogen-bond acceptors (Lipinski definition) is 4. The Hall–Kier alpha value is -1.04. The molecule has 0 bridgehead atoms. The molecule has 1 aromatic heterocycles. The molecule has 1 saturated heterocycles. The Bertz CT molecular complexity index is 511. The van der Waals surface area contributed by atoms with Crippen molar-refractivity contribution in [1.29, 1.82) is 0 Å². The maximum Gasteiger partial charge on any atom is 0.256 e. The van der Waals surface area contributed by atoms with E-state index in [1.54, 1.807) is 6.07 Å². The number of aliphatic hydroxyl groups is 1. The van der Waals surface area contributed by atoms with Crippen molar-refractivity contribution in [3.63, 3.8) is 0 Å². The van der Waals surface area contributed by atoms with Crippen molar-refractivity contribution in [3.8, 4) is 0 Å². The van der Waals surface area contributed by atoms with Crippen molar-refractivity contribution in [3.05, 3.63) is 23.1 Å². The number of likely N-dealkylation sites (tertiary alicyclic amines) is 1. The minimum atomic E-state index is -0.190. The van der Waals surface area contributed by atoms with E-state index in [1.165, 1.54) is 12.7 Å². The molecule has 2 fully saturated rings. The largest absolute Gasteiger partial charge is 0.452 e. The van der Waals surface area contributed by atoms with Crippen LogP contribution in [0.3, 0.4) is 0 Å². The van der Waals surface area contributed by atoms with E-state index >= 15 is 0 Å². The highest BCUT2D eigenvalue weighted by molar-refractivity contribution is 6.32. The standard InChI is InChI=1S/C16H23ClN2O3/c17-15-12(7-10-22-15)16(21)18-11-5-8-19(9-6-11)13-3-1-2-4-14(13)20/h7,10-11,13-14,20H,1-6,8-9H2,(H,18,21)/t13-,14+/m1/s1. The number of nitrogens with zero attached hydrogens (tertiary/aromatic N) is 1. The molecule has 1 saturated carbocycles. The third kappa shape index (κ3) is 3.47. The maximum absolute atomic E-state index is 12.1. The summed E-state index contributed by atoms with van der Waals surface area (Å²) in [7, 11) is 0. The second-order valence-electron chi connectivity index (χ2n) is 6.31. The highest BCUT2D eigenvalue weighted by atomic mass is 35.5. The number of carbonyl (C=O) groups excluding carboxylic acids is 1. The van der Waals surface area contributed by atoms with Crippen molar-refractivity contribution in [2.75, 3.05) is 13.1 Å². The van der Waals surface area contributed by atoms with E-state index in [1.807, 2.05) is 0 Å². The first-order chi connectivity index (χ1) is 10.6. The van der Waals surface area contributed by atoms with Gasteiger partial charge in [0.15, 0.2) is 0 Å². The van der Waals surface area contributed by atoms with Crippen LogP contribution >= 0.6 is 11.6 Å². The fourth-order valence-corrected chi connectivity index (χ4v) is 3.81. The molecule has 5 nitrogen and oxygen atoms in total. The van der Waals surface area contributed by atoms with Gasteiger partial charge >= 0.3 is 0 Å². The summed E-state index contributed by atoms with van der Waals surface area (Å²) in [5, 5.41) is 13.3. The van der Waals surface area contributed by atoms with Gasteiger partial charge < -0.3 is 14.8 Å². The van der Waals surface area contributed by atoms with Gasteiger partial charge in [-0.25, -0.2) is 0 Å². The van der Waals surface area contributed by atoms with E-state index in [0.29, 0.717) is 11.6 Å². The minimum absolute atomic E-state index is 0.139. The Morgan fingerprint density at radius 3 is 2.64 bits per heavy atom. The van der Waals surface area contributed by atoms with Gasteiger partial charge in [-0.05, 0) is 43.4 Å². The fraction of sp³-hybridized carbons (Fsp3) is 0.688. The number of piperidine rings is 1. The lowest BCUT2D eigenvalue weighted by atomic mass is 9.89. The zero-order valence-corrected chi connectivity index (χ0v) is 13.4. The van der Waals surface area contributed by atoms with Crippen LogP contribution < -0.4 is 5.32 Å². The molecular formula is C16H23ClN2O3. The van der Waals surface area contributed by atoms with Crippen LogP contribution in [-0.4, -0.2) is 47.2 Å². The molecule has 1 amide bonds. The molecule has 122 valence electrons. The lowest BCUT2D eigenvalue weighted by Gasteiger charge is -2.41. The Balaban J connectivity index is 1.49. The van der Waals surface area contributed by atoms with Crippen molar-refractivity contribution in [2.45, 2.75) is 56.7 Å². The van der Waals surface area contributed by atoms with Gasteiger partial charge in [-0.15, -0.1) is 0 Å². The maximum atomic E-state index is 12.1. The predicted octanol–water partition coefficient (Wildman–Crippen LogP) is 2.43. The molecule has 2 N–H and O–H groups in total. The highest BCUT2D eigenvalue weighted by Gasteiger charge is 2.32. The molecule has 2 aliphatic rings. The number of nitrogens with one attached hydrogen (secondary N) is 1. The molecule has 1 aliphatic heterocycles. The van der Waals surface area contributed by atoms with Gasteiger partial charge in [0.2, 0.25) is 5.22 Å². The van der Waals surface area contributed by atoms with E-state index in [4.69, 9.17) is 16.0 Å². The van der Waals surface area contributed by atoms with Gasteiger partial charge in [0.1, 0.15) is 0 Å². The van der Waals surface area contributed by atoms with Gasteiger partial charge in [0.05, 0.1) is 17.9 Å². The number of amides is 1. The number of rotatable bonds is 3. The lowest BCUT2D eigenvalue weighted by molar-refractivity contribution is 0.00727. The van der Waals surface area contributed by atoms with Crippen LogP contribution in [0, 0.1) is 0 Å². The van der Waals surface area contributed by atoms with E-state index in [-0.39, 0.29) is 23.3 Å². The molecule has 3 rings (SSSR count). The average Bonchev–Trinajstić information content (AvgIpc) is 2.95. The summed E-state index contributed by atoms with van der Waals surface area (Å²) in [6.45, 7) is 1.84. The summed E-state index contributed by atoms with van der Waals surface area (Å²) in [6.07, 6.45) is 7.39. The number of hydrogen-bond donors (Lipinski definition) is 2. The van der Waals surface area contributed by atoms with E-state index in [0.717, 1.165) is 45.2 Å². The van der Waals surface area contributed by atoms with Gasteiger partial charge in [-0.3, -0.25) is 9.69 Å². The molecule has 1 aromatic rings. The van der Waals surface area contributed by atoms with Crippen LogP contribution in [-0.2, 0) is 0 Å². The smallest absolute Gasteiger partial charge is 0.256 e. The van der Waals surface area contributed by atoms with E-state index in [2.05, 4.69) is 10.2 Å². The van der Waals surface area contributed by atoms with E-state index in [9.17, 15) is 9.90 Å². The molecule has 6 heteroatoms. The summed E-state index contributed by atoms with van der Waals surface area (Å²) in [4.78, 5) is 14.5. The second-order valence-corrected chi connectivity index (χ2v) is 6.65. The number of carbonyl (C=O) groups is 1. The number of furan rings is 1. The van der Waals surface area contributed by atoms with Crippen LogP contribution in [0.4, 0.5) is 0 Å². The zero-order chi connectivity index (χ0) is 15.5. The van der Waals surface area contributed by atoms with Crippen LogP contribution in [0.25, 0.3) is 0 Å². The Morgan fingerprint density at radius 1 is 1.27 bits per heavy atom. The van der Waals surface area contributed by atoms with Gasteiger partial charge in [0.25, 0.3) is 5.91 Å². The second kappa shape index (κ2) is 7.02. The van der Waals surface area contributed by atoms with Crippen molar-refractivity contribution < 1.29 is 14.3 Å². The molecule has 22 heavy (non-hydrogen) atoms. The zero-order valence-electron chi connectivity index (χ0n) is 12.6. The first-order valence-electron chi connectivity index (χ1n) is 8.11. The lowest BCUT2D eigenvalue weighted by Crippen LogP contribution is -2.52. The third-order valence-electron chi connectivity index (χ3n) is 4.89.